The van der Waals surface area contributed by atoms with E-state index in [1.165, 1.54) is 18.4 Å². The van der Waals surface area contributed by atoms with E-state index in [1.54, 1.807) is 0 Å². The Kier molecular flexibility index (Phi) is 2.01. The molecule has 0 aliphatic heterocycles. The molecule has 2 aromatic heterocycles. The highest BCUT2D eigenvalue weighted by molar-refractivity contribution is 5.90. The Hall–Kier alpha value is -2.30. The number of H-pyrrole nitrogens is 1. The topological polar surface area (TPSA) is 72.5 Å². The van der Waals surface area contributed by atoms with E-state index in [-0.39, 0.29) is 0 Å². The molecule has 4 rings (SSSR count). The van der Waals surface area contributed by atoms with Gasteiger partial charge in [0.15, 0.2) is 5.65 Å². The lowest BCUT2D eigenvalue weighted by Gasteiger charge is -2.01. The predicted molar refractivity (Wildman–Crippen MR) is 74.3 cm³/mol. The van der Waals surface area contributed by atoms with Crippen LogP contribution >= 0.6 is 0 Å². The van der Waals surface area contributed by atoms with E-state index >= 15 is 0 Å². The van der Waals surface area contributed by atoms with Crippen molar-refractivity contribution in [1.82, 2.24) is 20.0 Å². The highest BCUT2D eigenvalue weighted by atomic mass is 15.4. The fourth-order valence-electron chi connectivity index (χ4n) is 2.46. The molecule has 5 heteroatoms. The quantitative estimate of drug-likeness (QED) is 0.737. The largest absolute Gasteiger partial charge is 0.383 e. The lowest BCUT2D eigenvalue weighted by atomic mass is 10.2. The van der Waals surface area contributed by atoms with Crippen molar-refractivity contribution < 1.29 is 0 Å². The molecular formula is C14H15N5. The number of hydrogen-bond donors (Lipinski definition) is 2. The van der Waals surface area contributed by atoms with E-state index in [0.717, 1.165) is 22.4 Å². The van der Waals surface area contributed by atoms with Crippen LogP contribution in [0.3, 0.4) is 0 Å². The molecular weight excluding hydrogens is 238 g/mol. The lowest BCUT2D eigenvalue weighted by molar-refractivity contribution is 0.840. The zero-order valence-electron chi connectivity index (χ0n) is 10.7. The number of aromatic nitrogens is 4. The molecule has 0 amide bonds. The summed E-state index contributed by atoms with van der Waals surface area (Å²) in [5, 5.41) is 12.9. The normalized spacial score (nSPS) is 15.2. The molecule has 0 unspecified atom stereocenters. The second kappa shape index (κ2) is 3.60. The molecule has 19 heavy (non-hydrogen) atoms. The van der Waals surface area contributed by atoms with Crippen molar-refractivity contribution in [3.05, 3.63) is 35.5 Å². The number of anilines is 1. The number of aryl methyl sites for hydroxylation is 1. The Labute approximate surface area is 110 Å². The monoisotopic (exact) mass is 253 g/mol. The second-order valence-corrected chi connectivity index (χ2v) is 5.24. The smallest absolute Gasteiger partial charge is 0.186 e. The number of rotatable bonds is 2. The minimum absolute atomic E-state index is 0.550. The fourth-order valence-corrected chi connectivity index (χ4v) is 2.46. The van der Waals surface area contributed by atoms with Gasteiger partial charge in [0.05, 0.1) is 16.8 Å². The van der Waals surface area contributed by atoms with Crippen molar-refractivity contribution in [3.63, 3.8) is 0 Å². The summed E-state index contributed by atoms with van der Waals surface area (Å²) in [6, 6.07) is 8.28. The average Bonchev–Trinajstić information content (AvgIpc) is 3.08. The van der Waals surface area contributed by atoms with Gasteiger partial charge in [0.25, 0.3) is 0 Å². The predicted octanol–water partition coefficient (Wildman–Crippen LogP) is 2.52. The minimum Gasteiger partial charge on any atom is -0.383 e. The maximum Gasteiger partial charge on any atom is 0.186 e. The molecule has 0 spiro atoms. The zero-order chi connectivity index (χ0) is 13.0. The van der Waals surface area contributed by atoms with E-state index in [4.69, 9.17) is 10.8 Å². The Morgan fingerprint density at radius 2 is 2.00 bits per heavy atom. The highest BCUT2D eigenvalue weighted by Crippen LogP contribution is 2.43. The fraction of sp³-hybridized carbons (Fsp3) is 0.286. The first-order valence-electron chi connectivity index (χ1n) is 6.53. The van der Waals surface area contributed by atoms with Gasteiger partial charge in [0.2, 0.25) is 0 Å². The molecule has 1 saturated carbocycles. The van der Waals surface area contributed by atoms with Gasteiger partial charge in [0.1, 0.15) is 5.82 Å². The summed E-state index contributed by atoms with van der Waals surface area (Å²) in [5.41, 5.74) is 10.1. The average molecular weight is 253 g/mol. The Bertz CT molecular complexity index is 746. The number of fused-ring (bicyclic) bond motifs is 1. The van der Waals surface area contributed by atoms with Gasteiger partial charge in [-0.1, -0.05) is 17.7 Å². The van der Waals surface area contributed by atoms with Crippen LogP contribution in [0.25, 0.3) is 16.7 Å². The van der Waals surface area contributed by atoms with Crippen molar-refractivity contribution in [2.45, 2.75) is 25.7 Å². The van der Waals surface area contributed by atoms with Crippen LogP contribution in [0, 0.1) is 6.92 Å². The minimum atomic E-state index is 0.550. The lowest BCUT2D eigenvalue weighted by Crippen LogP contribution is -1.98. The maximum atomic E-state index is 5.99. The number of benzene rings is 1. The first-order valence-corrected chi connectivity index (χ1v) is 6.53. The molecule has 96 valence electrons. The Morgan fingerprint density at radius 3 is 2.68 bits per heavy atom. The Morgan fingerprint density at radius 1 is 1.26 bits per heavy atom. The van der Waals surface area contributed by atoms with Crippen LogP contribution in [0.4, 0.5) is 5.82 Å². The van der Waals surface area contributed by atoms with Crippen molar-refractivity contribution in [2.75, 3.05) is 5.73 Å². The summed E-state index contributed by atoms with van der Waals surface area (Å²) in [4.78, 5) is 0. The van der Waals surface area contributed by atoms with E-state index in [9.17, 15) is 0 Å². The number of aromatic amines is 1. The number of nitrogens with one attached hydrogen (secondary N) is 1. The van der Waals surface area contributed by atoms with Gasteiger partial charge in [-0.25, -0.2) is 4.68 Å². The summed E-state index contributed by atoms with van der Waals surface area (Å²) >= 11 is 0. The molecule has 1 aromatic carbocycles. The van der Waals surface area contributed by atoms with Crippen molar-refractivity contribution >= 4 is 16.9 Å². The van der Waals surface area contributed by atoms with Crippen molar-refractivity contribution in [1.29, 1.82) is 0 Å². The SMILES string of the molecule is Cc1ccc(-n2nc(C3CC3)c3c(N)[nH]nc32)cc1. The number of hydrogen-bond acceptors (Lipinski definition) is 3. The van der Waals surface area contributed by atoms with Gasteiger partial charge in [-0.3, -0.25) is 5.10 Å². The molecule has 0 bridgehead atoms. The third-order valence-corrected chi connectivity index (χ3v) is 3.68. The van der Waals surface area contributed by atoms with Crippen LogP contribution < -0.4 is 5.73 Å². The zero-order valence-corrected chi connectivity index (χ0v) is 10.7. The van der Waals surface area contributed by atoms with Crippen LogP contribution in [0.5, 0.6) is 0 Å². The second-order valence-electron chi connectivity index (χ2n) is 5.24. The van der Waals surface area contributed by atoms with Gasteiger partial charge in [0, 0.05) is 5.92 Å². The van der Waals surface area contributed by atoms with Crippen LogP contribution in [-0.2, 0) is 0 Å². The molecule has 0 radical (unpaired) electrons. The summed E-state index contributed by atoms with van der Waals surface area (Å²) < 4.78 is 1.88. The summed E-state index contributed by atoms with van der Waals surface area (Å²) in [6.07, 6.45) is 2.40. The van der Waals surface area contributed by atoms with Gasteiger partial charge in [-0.05, 0) is 31.9 Å². The molecule has 1 aliphatic carbocycles. The van der Waals surface area contributed by atoms with Crippen LogP contribution in [0.15, 0.2) is 24.3 Å². The third-order valence-electron chi connectivity index (χ3n) is 3.68. The molecule has 3 N–H and O–H groups in total. The summed E-state index contributed by atoms with van der Waals surface area (Å²) in [5.74, 6) is 1.17. The van der Waals surface area contributed by atoms with Crippen LogP contribution in [0.2, 0.25) is 0 Å². The third kappa shape index (κ3) is 1.54. The van der Waals surface area contributed by atoms with Crippen molar-refractivity contribution in [2.24, 2.45) is 0 Å². The van der Waals surface area contributed by atoms with Crippen LogP contribution in [-0.4, -0.2) is 20.0 Å². The summed E-state index contributed by atoms with van der Waals surface area (Å²) in [6.45, 7) is 2.07. The number of nitrogen functional groups attached to an aromatic ring is 1. The van der Waals surface area contributed by atoms with Gasteiger partial charge in [-0.2, -0.15) is 10.2 Å². The molecule has 3 aromatic rings. The van der Waals surface area contributed by atoms with E-state index < -0.39 is 0 Å². The first kappa shape index (κ1) is 10.6. The molecule has 0 atom stereocenters. The maximum absolute atomic E-state index is 5.99. The molecule has 1 aliphatic rings. The van der Waals surface area contributed by atoms with Gasteiger partial charge in [-0.15, -0.1) is 0 Å². The van der Waals surface area contributed by atoms with Crippen LogP contribution in [0.1, 0.15) is 30.0 Å². The number of nitrogens with two attached hydrogens (primary N) is 1. The van der Waals surface area contributed by atoms with E-state index in [0.29, 0.717) is 11.7 Å². The van der Waals surface area contributed by atoms with Crippen molar-refractivity contribution in [3.8, 4) is 5.69 Å². The molecule has 1 fully saturated rings. The molecule has 0 saturated heterocycles. The standard InChI is InChI=1S/C14H15N5/c1-8-2-6-10(7-3-8)19-14-11(13(15)16-17-14)12(18-19)9-4-5-9/h2-3,6-7,9H,4-5H2,1H3,(H3,15,16,17). The van der Waals surface area contributed by atoms with Gasteiger partial charge >= 0.3 is 0 Å². The van der Waals surface area contributed by atoms with Gasteiger partial charge < -0.3 is 5.73 Å². The molecule has 2 heterocycles. The first-order chi connectivity index (χ1) is 9.24. The Balaban J connectivity index is 1.96. The van der Waals surface area contributed by atoms with E-state index in [2.05, 4.69) is 41.4 Å². The highest BCUT2D eigenvalue weighted by Gasteiger charge is 2.31. The molecule has 5 nitrogen and oxygen atoms in total. The van der Waals surface area contributed by atoms with E-state index in [1.807, 2.05) is 4.68 Å². The number of nitrogens with zero attached hydrogens (tertiary/aromatic N) is 3. The summed E-state index contributed by atoms with van der Waals surface area (Å²) in [7, 11) is 0.